The molecule has 0 heterocycles. The molecule has 1 aromatic carbocycles. The van der Waals surface area contributed by atoms with Gasteiger partial charge in [0.1, 0.15) is 0 Å². The van der Waals surface area contributed by atoms with Crippen LogP contribution in [-0.2, 0) is 9.53 Å². The molecule has 0 aliphatic heterocycles. The summed E-state index contributed by atoms with van der Waals surface area (Å²) in [6, 6.07) is 1.88. The quantitative estimate of drug-likeness (QED) is 0.185. The number of carbonyl (C=O) groups excluding carboxylic acids is 2. The van der Waals surface area contributed by atoms with Crippen molar-refractivity contribution in [1.82, 2.24) is 0 Å². The average molecular weight is 325 g/mol. The highest BCUT2D eigenvalue weighted by atomic mass is 16.6. The Bertz CT molecular complexity index is 598. The van der Waals surface area contributed by atoms with Crippen LogP contribution >= 0.6 is 0 Å². The van der Waals surface area contributed by atoms with Crippen molar-refractivity contribution < 1.29 is 29.1 Å². The summed E-state index contributed by atoms with van der Waals surface area (Å²) in [7, 11) is 1.18. The molecule has 0 saturated carbocycles. The number of phenolic OH excluding ortho intramolecular Hbond substituents is 1. The highest BCUT2D eigenvalue weighted by Crippen LogP contribution is 2.37. The lowest BCUT2D eigenvalue weighted by atomic mass is 10.1. The Hall–Kier alpha value is -2.64. The average Bonchev–Trinajstić information content (AvgIpc) is 2.53. The predicted octanol–water partition coefficient (Wildman–Crippen LogP) is 2.62. The van der Waals surface area contributed by atoms with Crippen LogP contribution in [0.4, 0.5) is 5.69 Å². The third-order valence-electron chi connectivity index (χ3n) is 3.15. The SMILES string of the molecule is CCCCCCOC(=O)C(=O)c1cc(OC)c(O)c([N+](=O)[O-])c1. The van der Waals surface area contributed by atoms with E-state index in [0.29, 0.717) is 6.42 Å². The number of phenols is 1. The third kappa shape index (κ3) is 4.94. The van der Waals surface area contributed by atoms with Crippen molar-refractivity contribution in [3.05, 3.63) is 27.8 Å². The molecule has 0 radical (unpaired) electrons. The number of rotatable bonds is 9. The molecule has 0 unspecified atom stereocenters. The van der Waals surface area contributed by atoms with Crippen molar-refractivity contribution in [3.8, 4) is 11.5 Å². The number of hydrogen-bond donors (Lipinski definition) is 1. The first-order chi connectivity index (χ1) is 10.9. The van der Waals surface area contributed by atoms with E-state index in [4.69, 9.17) is 9.47 Å². The molecule has 1 rings (SSSR count). The number of hydrogen-bond acceptors (Lipinski definition) is 7. The lowest BCUT2D eigenvalue weighted by molar-refractivity contribution is -0.386. The fraction of sp³-hybridized carbons (Fsp3) is 0.467. The van der Waals surface area contributed by atoms with Gasteiger partial charge in [0, 0.05) is 11.6 Å². The molecular weight excluding hydrogens is 306 g/mol. The molecule has 0 aromatic heterocycles. The number of Topliss-reactive ketones (excluding diaryl/α,β-unsaturated/α-hetero) is 1. The van der Waals surface area contributed by atoms with Gasteiger partial charge in [-0.15, -0.1) is 0 Å². The number of aromatic hydroxyl groups is 1. The molecule has 8 nitrogen and oxygen atoms in total. The van der Waals surface area contributed by atoms with Crippen LogP contribution in [0.25, 0.3) is 0 Å². The molecule has 126 valence electrons. The molecule has 0 saturated heterocycles. The van der Waals surface area contributed by atoms with Crippen LogP contribution in [0, 0.1) is 10.1 Å². The number of ether oxygens (including phenoxy) is 2. The Morgan fingerprint density at radius 3 is 2.52 bits per heavy atom. The van der Waals surface area contributed by atoms with E-state index in [0.717, 1.165) is 31.4 Å². The summed E-state index contributed by atoms with van der Waals surface area (Å²) in [6.07, 6.45) is 3.57. The van der Waals surface area contributed by atoms with Gasteiger partial charge in [-0.3, -0.25) is 14.9 Å². The maximum atomic E-state index is 12.0. The predicted molar refractivity (Wildman–Crippen MR) is 80.7 cm³/mol. The first kappa shape index (κ1) is 18.4. The van der Waals surface area contributed by atoms with Crippen LogP contribution in [0.1, 0.15) is 43.0 Å². The van der Waals surface area contributed by atoms with E-state index in [2.05, 4.69) is 0 Å². The molecule has 0 aliphatic carbocycles. The molecule has 1 aromatic rings. The van der Waals surface area contributed by atoms with Crippen molar-refractivity contribution in [2.24, 2.45) is 0 Å². The Labute approximate surface area is 133 Å². The van der Waals surface area contributed by atoms with Gasteiger partial charge < -0.3 is 14.6 Å². The van der Waals surface area contributed by atoms with E-state index < -0.39 is 28.1 Å². The lowest BCUT2D eigenvalue weighted by Crippen LogP contribution is -2.18. The molecular formula is C15H19NO7. The summed E-state index contributed by atoms with van der Waals surface area (Å²) in [6.45, 7) is 2.16. The van der Waals surface area contributed by atoms with Crippen LogP contribution in [0.2, 0.25) is 0 Å². The number of methoxy groups -OCH3 is 1. The highest BCUT2D eigenvalue weighted by Gasteiger charge is 2.26. The number of unbranched alkanes of at least 4 members (excludes halogenated alkanes) is 3. The van der Waals surface area contributed by atoms with Gasteiger partial charge in [0.25, 0.3) is 5.78 Å². The zero-order chi connectivity index (χ0) is 17.4. The van der Waals surface area contributed by atoms with Gasteiger partial charge in [-0.05, 0) is 12.5 Å². The number of nitro benzene ring substituents is 1. The molecule has 0 fully saturated rings. The second-order valence-corrected chi connectivity index (χ2v) is 4.83. The summed E-state index contributed by atoms with van der Waals surface area (Å²) in [5, 5.41) is 20.5. The molecule has 0 spiro atoms. The molecule has 0 aliphatic rings. The number of esters is 1. The maximum Gasteiger partial charge on any atom is 0.379 e. The van der Waals surface area contributed by atoms with E-state index in [-0.39, 0.29) is 17.9 Å². The lowest BCUT2D eigenvalue weighted by Gasteiger charge is -2.07. The monoisotopic (exact) mass is 325 g/mol. The minimum absolute atomic E-state index is 0.113. The number of nitrogens with zero attached hydrogens (tertiary/aromatic N) is 1. The fourth-order valence-corrected chi connectivity index (χ4v) is 1.90. The van der Waals surface area contributed by atoms with Crippen molar-refractivity contribution in [2.45, 2.75) is 32.6 Å². The molecule has 0 amide bonds. The van der Waals surface area contributed by atoms with Crippen LogP contribution < -0.4 is 4.74 Å². The van der Waals surface area contributed by atoms with E-state index in [1.165, 1.54) is 7.11 Å². The first-order valence-electron chi connectivity index (χ1n) is 7.19. The number of nitro groups is 1. The van der Waals surface area contributed by atoms with E-state index in [1.54, 1.807) is 0 Å². The van der Waals surface area contributed by atoms with Gasteiger partial charge >= 0.3 is 11.7 Å². The van der Waals surface area contributed by atoms with Crippen LogP contribution in [0.15, 0.2) is 12.1 Å². The van der Waals surface area contributed by atoms with Gasteiger partial charge in [0.2, 0.25) is 5.75 Å². The largest absolute Gasteiger partial charge is 0.500 e. The van der Waals surface area contributed by atoms with Gasteiger partial charge in [0.15, 0.2) is 5.75 Å². The van der Waals surface area contributed by atoms with Crippen molar-refractivity contribution >= 4 is 17.4 Å². The zero-order valence-electron chi connectivity index (χ0n) is 13.0. The number of benzene rings is 1. The second-order valence-electron chi connectivity index (χ2n) is 4.83. The van der Waals surface area contributed by atoms with Gasteiger partial charge in [-0.2, -0.15) is 0 Å². The standard InChI is InChI=1S/C15H19NO7/c1-3-4-5-6-7-23-15(19)13(17)10-8-11(16(20)21)14(18)12(9-10)22-2/h8-9,18H,3-7H2,1-2H3. The Morgan fingerprint density at radius 2 is 1.96 bits per heavy atom. The Balaban J connectivity index is 2.84. The van der Waals surface area contributed by atoms with Crippen LogP contribution in [0.5, 0.6) is 11.5 Å². The normalized spacial score (nSPS) is 10.2. The third-order valence-corrected chi connectivity index (χ3v) is 3.15. The van der Waals surface area contributed by atoms with E-state index in [1.807, 2.05) is 6.92 Å². The molecule has 1 N–H and O–H groups in total. The zero-order valence-corrected chi connectivity index (χ0v) is 13.0. The van der Waals surface area contributed by atoms with Crippen LogP contribution in [0.3, 0.4) is 0 Å². The molecule has 23 heavy (non-hydrogen) atoms. The van der Waals surface area contributed by atoms with E-state index >= 15 is 0 Å². The van der Waals surface area contributed by atoms with Gasteiger partial charge in [0.05, 0.1) is 18.6 Å². The van der Waals surface area contributed by atoms with Crippen molar-refractivity contribution in [3.63, 3.8) is 0 Å². The second kappa shape index (κ2) is 8.72. The summed E-state index contributed by atoms with van der Waals surface area (Å²) >= 11 is 0. The fourth-order valence-electron chi connectivity index (χ4n) is 1.90. The van der Waals surface area contributed by atoms with Crippen molar-refractivity contribution in [2.75, 3.05) is 13.7 Å². The van der Waals surface area contributed by atoms with Crippen LogP contribution in [-0.4, -0.2) is 35.5 Å². The maximum absolute atomic E-state index is 12.0. The minimum atomic E-state index is -1.09. The Morgan fingerprint density at radius 1 is 1.26 bits per heavy atom. The summed E-state index contributed by atoms with van der Waals surface area (Å²) in [5.74, 6) is -3.09. The minimum Gasteiger partial charge on any atom is -0.500 e. The van der Waals surface area contributed by atoms with Crippen molar-refractivity contribution in [1.29, 1.82) is 0 Å². The summed E-state index contributed by atoms with van der Waals surface area (Å²) < 4.78 is 9.62. The topological polar surface area (TPSA) is 116 Å². The first-order valence-corrected chi connectivity index (χ1v) is 7.19. The summed E-state index contributed by atoms with van der Waals surface area (Å²) in [5.41, 5.74) is -0.992. The molecule has 8 heteroatoms. The van der Waals surface area contributed by atoms with Gasteiger partial charge in [-0.1, -0.05) is 26.2 Å². The number of carbonyl (C=O) groups is 2. The van der Waals surface area contributed by atoms with Gasteiger partial charge in [-0.25, -0.2) is 4.79 Å². The number of ketones is 1. The summed E-state index contributed by atoms with van der Waals surface area (Å²) in [4.78, 5) is 33.7. The Kier molecular flexibility index (Phi) is 6.98. The molecule has 0 atom stereocenters. The smallest absolute Gasteiger partial charge is 0.379 e. The highest BCUT2D eigenvalue weighted by molar-refractivity contribution is 6.40. The molecule has 0 bridgehead atoms. The van der Waals surface area contributed by atoms with E-state index in [9.17, 15) is 24.8 Å².